The van der Waals surface area contributed by atoms with Gasteiger partial charge in [-0.1, -0.05) is 54.6 Å². The summed E-state index contributed by atoms with van der Waals surface area (Å²) in [6, 6.07) is 10.4. The zero-order valence-electron chi connectivity index (χ0n) is 10.2. The molecular weight excluding hydrogens is 208 g/mol. The van der Waals surface area contributed by atoms with Gasteiger partial charge in [0.25, 0.3) is 0 Å². The predicted octanol–water partition coefficient (Wildman–Crippen LogP) is 4.76. The molecule has 0 saturated carbocycles. The van der Waals surface area contributed by atoms with Crippen LogP contribution in [-0.2, 0) is 0 Å². The molecule has 1 aromatic heterocycles. The third kappa shape index (κ3) is 2.56. The van der Waals surface area contributed by atoms with Gasteiger partial charge in [0.1, 0.15) is 11.5 Å². The minimum Gasteiger partial charge on any atom is -0.461 e. The summed E-state index contributed by atoms with van der Waals surface area (Å²) in [6.07, 6.45) is 5.68. The third-order valence-corrected chi connectivity index (χ3v) is 2.70. The quantitative estimate of drug-likeness (QED) is 0.685. The Morgan fingerprint density at radius 2 is 1.82 bits per heavy atom. The van der Waals surface area contributed by atoms with E-state index < -0.39 is 0 Å². The lowest BCUT2D eigenvalue weighted by atomic mass is 10.1. The normalized spacial score (nSPS) is 10.9. The van der Waals surface area contributed by atoms with Crippen molar-refractivity contribution in [2.24, 2.45) is 0 Å². The van der Waals surface area contributed by atoms with Crippen LogP contribution >= 0.6 is 0 Å². The van der Waals surface area contributed by atoms with Crippen LogP contribution in [0.3, 0.4) is 0 Å². The standard InChI is InChI=1S/C16H16O/c1-4-5-6-15-11-16(17-13(15)3)14-9-7-12(2)8-10-14/h4-11H,1H2,2-3H3/b6-5-. The molecule has 0 fully saturated rings. The summed E-state index contributed by atoms with van der Waals surface area (Å²) in [5.74, 6) is 1.84. The van der Waals surface area contributed by atoms with Crippen LogP contribution in [0.4, 0.5) is 0 Å². The Labute approximate surface area is 102 Å². The minimum atomic E-state index is 0.909. The SMILES string of the molecule is C=C/C=C\c1cc(-c2ccc(C)cc2)oc1C. The second-order valence-corrected chi connectivity index (χ2v) is 4.08. The molecule has 0 N–H and O–H groups in total. The topological polar surface area (TPSA) is 13.1 Å². The molecule has 0 unspecified atom stereocenters. The fourth-order valence-electron chi connectivity index (χ4n) is 1.69. The first-order valence-electron chi connectivity index (χ1n) is 5.67. The van der Waals surface area contributed by atoms with Gasteiger partial charge in [0.2, 0.25) is 0 Å². The van der Waals surface area contributed by atoms with Gasteiger partial charge < -0.3 is 4.42 Å². The van der Waals surface area contributed by atoms with Gasteiger partial charge >= 0.3 is 0 Å². The number of furan rings is 1. The van der Waals surface area contributed by atoms with Gasteiger partial charge in [-0.15, -0.1) is 0 Å². The number of benzene rings is 1. The van der Waals surface area contributed by atoms with Crippen molar-refractivity contribution in [1.82, 2.24) is 0 Å². The predicted molar refractivity (Wildman–Crippen MR) is 72.8 cm³/mol. The van der Waals surface area contributed by atoms with Crippen molar-refractivity contribution in [3.63, 3.8) is 0 Å². The fourth-order valence-corrected chi connectivity index (χ4v) is 1.69. The first-order chi connectivity index (χ1) is 8.20. The number of aryl methyl sites for hydroxylation is 2. The van der Waals surface area contributed by atoms with E-state index in [9.17, 15) is 0 Å². The molecule has 1 heterocycles. The highest BCUT2D eigenvalue weighted by atomic mass is 16.3. The Morgan fingerprint density at radius 1 is 1.12 bits per heavy atom. The molecule has 1 nitrogen and oxygen atoms in total. The summed E-state index contributed by atoms with van der Waals surface area (Å²) in [5, 5.41) is 0. The molecule has 0 saturated heterocycles. The van der Waals surface area contributed by atoms with E-state index in [4.69, 9.17) is 4.42 Å². The maximum atomic E-state index is 5.75. The van der Waals surface area contributed by atoms with Gasteiger partial charge in [0, 0.05) is 11.1 Å². The molecule has 1 aromatic carbocycles. The van der Waals surface area contributed by atoms with Crippen molar-refractivity contribution in [2.45, 2.75) is 13.8 Å². The van der Waals surface area contributed by atoms with E-state index in [0.717, 1.165) is 22.6 Å². The Hall–Kier alpha value is -2.02. The van der Waals surface area contributed by atoms with Crippen LogP contribution in [-0.4, -0.2) is 0 Å². The van der Waals surface area contributed by atoms with Gasteiger partial charge in [-0.25, -0.2) is 0 Å². The van der Waals surface area contributed by atoms with E-state index in [2.05, 4.69) is 43.8 Å². The van der Waals surface area contributed by atoms with Crippen molar-refractivity contribution in [1.29, 1.82) is 0 Å². The molecule has 0 spiro atoms. The lowest BCUT2D eigenvalue weighted by Crippen LogP contribution is -1.74. The average molecular weight is 224 g/mol. The van der Waals surface area contributed by atoms with E-state index in [0.29, 0.717) is 0 Å². The van der Waals surface area contributed by atoms with E-state index in [1.165, 1.54) is 5.56 Å². The summed E-state index contributed by atoms with van der Waals surface area (Å²) in [6.45, 7) is 7.71. The van der Waals surface area contributed by atoms with Crippen LogP contribution in [0.5, 0.6) is 0 Å². The highest BCUT2D eigenvalue weighted by Crippen LogP contribution is 2.26. The second kappa shape index (κ2) is 4.88. The molecular formula is C16H16O. The fraction of sp³-hybridized carbons (Fsp3) is 0.125. The largest absolute Gasteiger partial charge is 0.461 e. The van der Waals surface area contributed by atoms with Crippen LogP contribution < -0.4 is 0 Å². The smallest absolute Gasteiger partial charge is 0.134 e. The van der Waals surface area contributed by atoms with Crippen LogP contribution in [0.1, 0.15) is 16.9 Å². The first kappa shape index (κ1) is 11.5. The maximum absolute atomic E-state index is 5.75. The molecule has 2 rings (SSSR count). The molecule has 1 heteroatoms. The minimum absolute atomic E-state index is 0.909. The van der Waals surface area contributed by atoms with E-state index in [1.807, 2.05) is 19.1 Å². The summed E-state index contributed by atoms with van der Waals surface area (Å²) >= 11 is 0. The number of hydrogen-bond donors (Lipinski definition) is 0. The highest BCUT2D eigenvalue weighted by molar-refractivity contribution is 5.64. The highest BCUT2D eigenvalue weighted by Gasteiger charge is 2.06. The summed E-state index contributed by atoms with van der Waals surface area (Å²) in [7, 11) is 0. The van der Waals surface area contributed by atoms with Gasteiger partial charge in [-0.05, 0) is 19.9 Å². The Morgan fingerprint density at radius 3 is 2.47 bits per heavy atom. The average Bonchev–Trinajstić information content (AvgIpc) is 2.69. The molecule has 0 bridgehead atoms. The second-order valence-electron chi connectivity index (χ2n) is 4.08. The Bertz CT molecular complexity index is 541. The monoisotopic (exact) mass is 224 g/mol. The molecule has 0 radical (unpaired) electrons. The Balaban J connectivity index is 2.37. The summed E-state index contributed by atoms with van der Waals surface area (Å²) in [4.78, 5) is 0. The lowest BCUT2D eigenvalue weighted by molar-refractivity contribution is 0.547. The van der Waals surface area contributed by atoms with Crippen molar-refractivity contribution >= 4 is 6.08 Å². The zero-order valence-corrected chi connectivity index (χ0v) is 10.2. The van der Waals surface area contributed by atoms with E-state index >= 15 is 0 Å². The molecule has 0 atom stereocenters. The summed E-state index contributed by atoms with van der Waals surface area (Å²) in [5.41, 5.74) is 3.46. The third-order valence-electron chi connectivity index (χ3n) is 2.70. The van der Waals surface area contributed by atoms with Crippen molar-refractivity contribution < 1.29 is 4.42 Å². The summed E-state index contributed by atoms with van der Waals surface area (Å²) < 4.78 is 5.75. The van der Waals surface area contributed by atoms with E-state index in [-0.39, 0.29) is 0 Å². The van der Waals surface area contributed by atoms with Gasteiger partial charge in [0.05, 0.1) is 0 Å². The van der Waals surface area contributed by atoms with Crippen LogP contribution in [0.15, 0.2) is 53.5 Å². The number of allylic oxidation sites excluding steroid dienone is 2. The Kier molecular flexibility index (Phi) is 3.29. The molecule has 0 aliphatic carbocycles. The van der Waals surface area contributed by atoms with Gasteiger partial charge in [0.15, 0.2) is 0 Å². The van der Waals surface area contributed by atoms with Gasteiger partial charge in [-0.3, -0.25) is 0 Å². The maximum Gasteiger partial charge on any atom is 0.134 e. The zero-order chi connectivity index (χ0) is 12.3. The molecule has 2 aromatic rings. The number of rotatable bonds is 3. The van der Waals surface area contributed by atoms with Crippen molar-refractivity contribution in [2.75, 3.05) is 0 Å². The molecule has 0 aliphatic rings. The van der Waals surface area contributed by atoms with E-state index in [1.54, 1.807) is 6.08 Å². The first-order valence-corrected chi connectivity index (χ1v) is 5.67. The lowest BCUT2D eigenvalue weighted by Gasteiger charge is -1.96. The van der Waals surface area contributed by atoms with Crippen molar-refractivity contribution in [3.8, 4) is 11.3 Å². The van der Waals surface area contributed by atoms with Gasteiger partial charge in [-0.2, -0.15) is 0 Å². The van der Waals surface area contributed by atoms with Crippen molar-refractivity contribution in [3.05, 3.63) is 65.9 Å². The van der Waals surface area contributed by atoms with Crippen LogP contribution in [0, 0.1) is 13.8 Å². The van der Waals surface area contributed by atoms with Crippen LogP contribution in [0.25, 0.3) is 17.4 Å². The molecule has 0 aliphatic heterocycles. The molecule has 0 amide bonds. The molecule has 17 heavy (non-hydrogen) atoms. The van der Waals surface area contributed by atoms with Crippen LogP contribution in [0.2, 0.25) is 0 Å². The number of hydrogen-bond acceptors (Lipinski definition) is 1. The molecule has 86 valence electrons.